The van der Waals surface area contributed by atoms with E-state index < -0.39 is 0 Å². The highest BCUT2D eigenvalue weighted by molar-refractivity contribution is 7.16. The fourth-order valence-electron chi connectivity index (χ4n) is 2.95. The number of carbonyl (C=O) groups excluding carboxylic acids is 1. The second kappa shape index (κ2) is 7.85. The average molecular weight is 382 g/mol. The summed E-state index contributed by atoms with van der Waals surface area (Å²) in [5.74, 6) is 0.0819. The number of benzene rings is 1. The van der Waals surface area contributed by atoms with E-state index in [0.29, 0.717) is 0 Å². The van der Waals surface area contributed by atoms with Crippen molar-refractivity contribution >= 4 is 39.8 Å². The molecule has 1 amide bonds. The number of carbonyl (C=O) groups is 1. The van der Waals surface area contributed by atoms with Gasteiger partial charge in [0.2, 0.25) is 5.91 Å². The molecule has 1 aromatic carbocycles. The minimum Gasteiger partial charge on any atom is -0.345 e. The van der Waals surface area contributed by atoms with E-state index in [-0.39, 0.29) is 5.91 Å². The van der Waals surface area contributed by atoms with E-state index in [0.717, 1.165) is 36.2 Å². The van der Waals surface area contributed by atoms with E-state index in [4.69, 9.17) is 0 Å². The number of aromatic nitrogens is 1. The number of thiophene rings is 1. The Kier molecular flexibility index (Phi) is 5.13. The van der Waals surface area contributed by atoms with Crippen LogP contribution >= 0.6 is 22.7 Å². The van der Waals surface area contributed by atoms with Crippen molar-refractivity contribution in [2.24, 2.45) is 0 Å². The number of hydrogen-bond acceptors (Lipinski definition) is 5. The third-order valence-electron chi connectivity index (χ3n) is 4.36. The second-order valence-electron chi connectivity index (χ2n) is 6.03. The minimum absolute atomic E-state index is 0.0819. The van der Waals surface area contributed by atoms with Crippen LogP contribution in [0.15, 0.2) is 60.1 Å². The fraction of sp³-hybridized carbons (Fsp3) is 0.200. The molecule has 4 rings (SSSR count). The van der Waals surface area contributed by atoms with Crippen molar-refractivity contribution in [1.82, 2.24) is 9.88 Å². The van der Waals surface area contributed by atoms with E-state index in [2.05, 4.69) is 34.1 Å². The molecule has 0 saturated carbocycles. The molecule has 1 saturated heterocycles. The van der Waals surface area contributed by atoms with E-state index in [9.17, 15) is 4.79 Å². The van der Waals surface area contributed by atoms with Crippen molar-refractivity contribution in [3.63, 3.8) is 0 Å². The van der Waals surface area contributed by atoms with Crippen LogP contribution in [-0.2, 0) is 4.79 Å². The predicted octanol–water partition coefficient (Wildman–Crippen LogP) is 4.23. The van der Waals surface area contributed by atoms with Crippen molar-refractivity contribution in [3.8, 4) is 10.4 Å². The molecule has 4 nitrogen and oxygen atoms in total. The number of nitrogens with zero attached hydrogens (tertiary/aromatic N) is 3. The van der Waals surface area contributed by atoms with Gasteiger partial charge in [-0.3, -0.25) is 4.79 Å². The number of amides is 1. The monoisotopic (exact) mass is 381 g/mol. The highest BCUT2D eigenvalue weighted by atomic mass is 32.1. The molecule has 3 heterocycles. The molecule has 0 N–H and O–H groups in total. The highest BCUT2D eigenvalue weighted by Gasteiger charge is 2.20. The molecule has 0 atom stereocenters. The lowest BCUT2D eigenvalue weighted by Gasteiger charge is -2.34. The predicted molar refractivity (Wildman–Crippen MR) is 110 cm³/mol. The molecular weight excluding hydrogens is 362 g/mol. The Hall–Kier alpha value is -2.44. The van der Waals surface area contributed by atoms with E-state index in [1.54, 1.807) is 28.7 Å². The molecule has 3 aromatic rings. The van der Waals surface area contributed by atoms with Gasteiger partial charge in [0, 0.05) is 53.6 Å². The largest absolute Gasteiger partial charge is 0.345 e. The van der Waals surface area contributed by atoms with Crippen molar-refractivity contribution in [2.45, 2.75) is 0 Å². The summed E-state index contributed by atoms with van der Waals surface area (Å²) >= 11 is 3.35. The molecule has 132 valence electrons. The molecule has 1 aliphatic rings. The first kappa shape index (κ1) is 17.0. The molecule has 26 heavy (non-hydrogen) atoms. The summed E-state index contributed by atoms with van der Waals surface area (Å²) in [6, 6.07) is 14.5. The lowest BCUT2D eigenvalue weighted by Crippen LogP contribution is -2.48. The average Bonchev–Trinajstić information content (AvgIpc) is 3.39. The summed E-state index contributed by atoms with van der Waals surface area (Å²) in [7, 11) is 0. The summed E-state index contributed by atoms with van der Waals surface area (Å²) in [6.07, 6.45) is 5.44. The number of thiazole rings is 1. The van der Waals surface area contributed by atoms with Crippen molar-refractivity contribution in [1.29, 1.82) is 0 Å². The van der Waals surface area contributed by atoms with Gasteiger partial charge < -0.3 is 9.80 Å². The lowest BCUT2D eigenvalue weighted by molar-refractivity contribution is -0.126. The quantitative estimate of drug-likeness (QED) is 0.635. The van der Waals surface area contributed by atoms with Gasteiger partial charge in [0.25, 0.3) is 0 Å². The van der Waals surface area contributed by atoms with Crippen molar-refractivity contribution in [2.75, 3.05) is 31.1 Å². The molecular formula is C20H19N3OS2. The first-order valence-corrected chi connectivity index (χ1v) is 10.3. The molecule has 0 spiro atoms. The van der Waals surface area contributed by atoms with E-state index in [1.165, 1.54) is 10.4 Å². The Labute approximate surface area is 161 Å². The fourth-order valence-corrected chi connectivity index (χ4v) is 4.56. The SMILES string of the molecule is O=C(/C=C/c1ccc(-c2ccccc2)s1)N1CCN(c2nccs2)CC1. The smallest absolute Gasteiger partial charge is 0.246 e. The van der Waals surface area contributed by atoms with Crippen LogP contribution in [0, 0.1) is 0 Å². The lowest BCUT2D eigenvalue weighted by atomic mass is 10.2. The minimum atomic E-state index is 0.0819. The zero-order valence-corrected chi connectivity index (χ0v) is 15.9. The van der Waals surface area contributed by atoms with Gasteiger partial charge in [-0.25, -0.2) is 4.98 Å². The molecule has 0 unspecified atom stereocenters. The number of anilines is 1. The van der Waals surface area contributed by atoms with E-state index >= 15 is 0 Å². The number of rotatable bonds is 4. The van der Waals surface area contributed by atoms with Gasteiger partial charge in [-0.05, 0) is 23.8 Å². The van der Waals surface area contributed by atoms with Gasteiger partial charge in [0.15, 0.2) is 5.13 Å². The maximum Gasteiger partial charge on any atom is 0.246 e. The standard InChI is InChI=1S/C20H19N3OS2/c24-19(22-11-13-23(14-12-22)20-21-10-15-25-20)9-7-17-6-8-18(26-17)16-4-2-1-3-5-16/h1-10,15H,11-14H2/b9-7+. The molecule has 6 heteroatoms. The maximum atomic E-state index is 12.5. The molecule has 2 aromatic heterocycles. The van der Waals surface area contributed by atoms with Crippen LogP contribution in [-0.4, -0.2) is 42.0 Å². The summed E-state index contributed by atoms with van der Waals surface area (Å²) in [6.45, 7) is 3.15. The van der Waals surface area contributed by atoms with E-state index in [1.807, 2.05) is 40.8 Å². The second-order valence-corrected chi connectivity index (χ2v) is 8.02. The zero-order valence-electron chi connectivity index (χ0n) is 14.2. The molecule has 1 fully saturated rings. The summed E-state index contributed by atoms with van der Waals surface area (Å²) in [4.78, 5) is 23.3. The van der Waals surface area contributed by atoms with Crippen LogP contribution in [0.1, 0.15) is 4.88 Å². The normalized spacial score (nSPS) is 14.9. The summed E-state index contributed by atoms with van der Waals surface area (Å²) in [5.41, 5.74) is 1.21. The first-order valence-electron chi connectivity index (χ1n) is 8.56. The summed E-state index contributed by atoms with van der Waals surface area (Å²) < 4.78 is 0. The van der Waals surface area contributed by atoms with Gasteiger partial charge in [0.05, 0.1) is 0 Å². The third-order valence-corrected chi connectivity index (χ3v) is 6.29. The maximum absolute atomic E-state index is 12.5. The van der Waals surface area contributed by atoms with Crippen LogP contribution in [0.3, 0.4) is 0 Å². The topological polar surface area (TPSA) is 36.4 Å². The highest BCUT2D eigenvalue weighted by Crippen LogP contribution is 2.28. The Balaban J connectivity index is 1.34. The Morgan fingerprint density at radius 3 is 2.58 bits per heavy atom. The Morgan fingerprint density at radius 1 is 1.04 bits per heavy atom. The molecule has 0 bridgehead atoms. The Morgan fingerprint density at radius 2 is 1.85 bits per heavy atom. The van der Waals surface area contributed by atoms with Gasteiger partial charge in [-0.2, -0.15) is 0 Å². The first-order chi connectivity index (χ1) is 12.8. The number of piperazine rings is 1. The van der Waals surface area contributed by atoms with Crippen LogP contribution in [0.4, 0.5) is 5.13 Å². The van der Waals surface area contributed by atoms with Gasteiger partial charge in [0.1, 0.15) is 0 Å². The third kappa shape index (κ3) is 3.86. The van der Waals surface area contributed by atoms with Gasteiger partial charge >= 0.3 is 0 Å². The number of hydrogen-bond donors (Lipinski definition) is 0. The Bertz CT molecular complexity index is 879. The summed E-state index contributed by atoms with van der Waals surface area (Å²) in [5, 5.41) is 3.03. The zero-order chi connectivity index (χ0) is 17.8. The van der Waals surface area contributed by atoms with Gasteiger partial charge in [-0.15, -0.1) is 22.7 Å². The van der Waals surface area contributed by atoms with Crippen molar-refractivity contribution in [3.05, 3.63) is 65.0 Å². The van der Waals surface area contributed by atoms with Crippen LogP contribution in [0.5, 0.6) is 0 Å². The van der Waals surface area contributed by atoms with Crippen LogP contribution in [0.2, 0.25) is 0 Å². The molecule has 1 aliphatic heterocycles. The van der Waals surface area contributed by atoms with Crippen LogP contribution in [0.25, 0.3) is 16.5 Å². The van der Waals surface area contributed by atoms with Gasteiger partial charge in [-0.1, -0.05) is 30.3 Å². The molecule has 0 radical (unpaired) electrons. The van der Waals surface area contributed by atoms with Crippen molar-refractivity contribution < 1.29 is 4.79 Å². The molecule has 0 aliphatic carbocycles. The van der Waals surface area contributed by atoms with Crippen LogP contribution < -0.4 is 4.90 Å².